The van der Waals surface area contributed by atoms with Gasteiger partial charge >= 0.3 is 0 Å². The number of carbonyl (C=O) groups excluding carboxylic acids is 2. The summed E-state index contributed by atoms with van der Waals surface area (Å²) in [5.41, 5.74) is 7.13. The highest BCUT2D eigenvalue weighted by Gasteiger charge is 2.32. The number of sulfonamides is 1. The molecule has 1 aromatic carbocycles. The van der Waals surface area contributed by atoms with Crippen LogP contribution in [0.1, 0.15) is 16.7 Å². The van der Waals surface area contributed by atoms with Gasteiger partial charge in [0.1, 0.15) is 0 Å². The van der Waals surface area contributed by atoms with E-state index in [0.29, 0.717) is 11.1 Å². The van der Waals surface area contributed by atoms with E-state index in [1.54, 1.807) is 31.4 Å². The topological polar surface area (TPSA) is 131 Å². The summed E-state index contributed by atoms with van der Waals surface area (Å²) >= 11 is 1.13. The Bertz CT molecular complexity index is 891. The summed E-state index contributed by atoms with van der Waals surface area (Å²) in [7, 11) is -4.14. The van der Waals surface area contributed by atoms with E-state index in [2.05, 4.69) is 15.0 Å². The molecule has 142 valence electrons. The van der Waals surface area contributed by atoms with Gasteiger partial charge in [-0.25, -0.2) is 13.4 Å². The van der Waals surface area contributed by atoms with Gasteiger partial charge < -0.3 is 11.1 Å². The van der Waals surface area contributed by atoms with Crippen LogP contribution in [0.4, 0.5) is 5.13 Å². The molecule has 0 aliphatic carbocycles. The van der Waals surface area contributed by atoms with Crippen LogP contribution in [0, 0.1) is 20.8 Å². The molecular formula is C15H19ClN4O4S2. The smallest absolute Gasteiger partial charge is 0.254 e. The first-order chi connectivity index (χ1) is 11.6. The van der Waals surface area contributed by atoms with Crippen molar-refractivity contribution in [1.29, 1.82) is 0 Å². The molecule has 0 saturated carbocycles. The van der Waals surface area contributed by atoms with E-state index in [4.69, 9.17) is 5.73 Å². The summed E-state index contributed by atoms with van der Waals surface area (Å²) in [6, 6.07) is 1.65. The lowest BCUT2D eigenvalue weighted by Crippen LogP contribution is -2.51. The van der Waals surface area contributed by atoms with E-state index in [-0.39, 0.29) is 22.4 Å². The highest BCUT2D eigenvalue weighted by atomic mass is 35.5. The van der Waals surface area contributed by atoms with E-state index in [1.807, 2.05) is 6.92 Å². The number of aryl methyl sites for hydroxylation is 3. The zero-order chi connectivity index (χ0) is 18.8. The van der Waals surface area contributed by atoms with Crippen molar-refractivity contribution in [2.45, 2.75) is 31.7 Å². The number of hydrogen-bond acceptors (Lipinski definition) is 6. The Kier molecular flexibility index (Phi) is 7.27. The highest BCUT2D eigenvalue weighted by molar-refractivity contribution is 7.89. The predicted molar refractivity (Wildman–Crippen MR) is 102 cm³/mol. The second-order valence-electron chi connectivity index (χ2n) is 5.51. The molecule has 0 spiro atoms. The van der Waals surface area contributed by atoms with Gasteiger partial charge in [-0.1, -0.05) is 17.7 Å². The van der Waals surface area contributed by atoms with Crippen LogP contribution >= 0.6 is 23.7 Å². The molecule has 1 heterocycles. The number of carbonyl (C=O) groups is 2. The maximum absolute atomic E-state index is 12.7. The van der Waals surface area contributed by atoms with E-state index in [9.17, 15) is 18.0 Å². The number of rotatable bonds is 6. The third-order valence-corrected chi connectivity index (χ3v) is 5.77. The number of nitrogens with zero attached hydrogens (tertiary/aromatic N) is 1. The number of amides is 2. The summed E-state index contributed by atoms with van der Waals surface area (Å²) in [6.45, 7) is 5.13. The molecule has 0 fully saturated rings. The Hall–Kier alpha value is -2.01. The van der Waals surface area contributed by atoms with E-state index < -0.39 is 27.9 Å². The van der Waals surface area contributed by atoms with Crippen LogP contribution in [-0.2, 0) is 19.6 Å². The standard InChI is InChI=1S/C15H18N4O4S2.ClH/c1-8-6-9(2)12(10(3)7-8)25(22,23)19-11(13(16)20)14(21)18-15-17-4-5-24-15;/h4-7,11,19H,1-3H3,(H2,16,20)(H,17,18,21);1H. The van der Waals surface area contributed by atoms with Gasteiger partial charge in [0.05, 0.1) is 4.90 Å². The fraction of sp³-hybridized carbons (Fsp3) is 0.267. The van der Waals surface area contributed by atoms with Crippen molar-refractivity contribution >= 4 is 50.7 Å². The highest BCUT2D eigenvalue weighted by Crippen LogP contribution is 2.22. The van der Waals surface area contributed by atoms with Crippen LogP contribution in [-0.4, -0.2) is 31.3 Å². The third-order valence-electron chi connectivity index (χ3n) is 3.36. The van der Waals surface area contributed by atoms with Crippen LogP contribution < -0.4 is 15.8 Å². The molecule has 1 atom stereocenters. The predicted octanol–water partition coefficient (Wildman–Crippen LogP) is 1.26. The number of primary amides is 1. The Labute approximate surface area is 161 Å². The first kappa shape index (κ1) is 22.0. The zero-order valence-corrected chi connectivity index (χ0v) is 16.7. The molecular weight excluding hydrogens is 400 g/mol. The Morgan fingerprint density at radius 1 is 1.19 bits per heavy atom. The summed E-state index contributed by atoms with van der Waals surface area (Å²) in [4.78, 5) is 27.7. The number of nitrogens with one attached hydrogen (secondary N) is 2. The molecule has 1 aromatic heterocycles. The monoisotopic (exact) mass is 418 g/mol. The lowest BCUT2D eigenvalue weighted by Gasteiger charge is -2.17. The van der Waals surface area contributed by atoms with Crippen molar-refractivity contribution in [3.05, 3.63) is 40.4 Å². The average Bonchev–Trinajstić information content (AvgIpc) is 2.95. The van der Waals surface area contributed by atoms with Crippen LogP contribution in [0.15, 0.2) is 28.6 Å². The Morgan fingerprint density at radius 2 is 1.77 bits per heavy atom. The Morgan fingerprint density at radius 3 is 2.23 bits per heavy atom. The normalized spacial score (nSPS) is 12.1. The van der Waals surface area contributed by atoms with Crippen molar-refractivity contribution in [3.63, 3.8) is 0 Å². The minimum atomic E-state index is -4.14. The SMILES string of the molecule is Cc1cc(C)c(S(=O)(=O)NC(C(N)=O)C(=O)Nc2nccs2)c(C)c1.Cl. The second kappa shape index (κ2) is 8.58. The number of aromatic nitrogens is 1. The first-order valence-electron chi connectivity index (χ1n) is 7.21. The van der Waals surface area contributed by atoms with Crippen molar-refractivity contribution in [1.82, 2.24) is 9.71 Å². The van der Waals surface area contributed by atoms with Gasteiger partial charge in [0.15, 0.2) is 11.2 Å². The van der Waals surface area contributed by atoms with Crippen LogP contribution in [0.25, 0.3) is 0 Å². The summed E-state index contributed by atoms with van der Waals surface area (Å²) in [5.74, 6) is -2.01. The lowest BCUT2D eigenvalue weighted by molar-refractivity contribution is -0.127. The van der Waals surface area contributed by atoms with Gasteiger partial charge in [-0.3, -0.25) is 9.59 Å². The molecule has 26 heavy (non-hydrogen) atoms. The van der Waals surface area contributed by atoms with Gasteiger partial charge in [0, 0.05) is 11.6 Å². The number of nitrogens with two attached hydrogens (primary N) is 1. The first-order valence-corrected chi connectivity index (χ1v) is 9.58. The van der Waals surface area contributed by atoms with E-state index >= 15 is 0 Å². The molecule has 0 bridgehead atoms. The van der Waals surface area contributed by atoms with E-state index in [1.165, 1.54) is 6.20 Å². The van der Waals surface area contributed by atoms with Crippen LogP contribution in [0.2, 0.25) is 0 Å². The second-order valence-corrected chi connectivity index (χ2v) is 8.06. The molecule has 0 aliphatic heterocycles. The van der Waals surface area contributed by atoms with Gasteiger partial charge in [-0.2, -0.15) is 4.72 Å². The number of hydrogen-bond donors (Lipinski definition) is 3. The van der Waals surface area contributed by atoms with Crippen molar-refractivity contribution in [2.75, 3.05) is 5.32 Å². The molecule has 0 saturated heterocycles. The summed E-state index contributed by atoms with van der Waals surface area (Å²) in [5, 5.41) is 4.21. The minimum Gasteiger partial charge on any atom is -0.368 e. The molecule has 8 nitrogen and oxygen atoms in total. The van der Waals surface area contributed by atoms with E-state index in [0.717, 1.165) is 16.9 Å². The molecule has 2 aromatic rings. The lowest BCUT2D eigenvalue weighted by atomic mass is 10.1. The van der Waals surface area contributed by atoms with Crippen LogP contribution in [0.5, 0.6) is 0 Å². The Balaban J connectivity index is 0.00000338. The number of benzene rings is 1. The van der Waals surface area contributed by atoms with Gasteiger partial charge in [0.25, 0.3) is 5.91 Å². The third kappa shape index (κ3) is 5.01. The van der Waals surface area contributed by atoms with Gasteiger partial charge in [-0.05, 0) is 31.9 Å². The maximum Gasteiger partial charge on any atom is 0.254 e. The molecule has 11 heteroatoms. The van der Waals surface area contributed by atoms with Gasteiger partial charge in [0.2, 0.25) is 15.9 Å². The zero-order valence-electron chi connectivity index (χ0n) is 14.3. The minimum absolute atomic E-state index is 0. The van der Waals surface area contributed by atoms with Crippen molar-refractivity contribution < 1.29 is 18.0 Å². The van der Waals surface area contributed by atoms with Crippen molar-refractivity contribution in [3.8, 4) is 0 Å². The van der Waals surface area contributed by atoms with Gasteiger partial charge in [-0.15, -0.1) is 23.7 Å². The average molecular weight is 419 g/mol. The molecule has 2 rings (SSSR count). The fourth-order valence-corrected chi connectivity index (χ4v) is 4.66. The van der Waals surface area contributed by atoms with Crippen molar-refractivity contribution in [2.24, 2.45) is 5.73 Å². The molecule has 4 N–H and O–H groups in total. The number of thiazole rings is 1. The number of halogens is 1. The molecule has 0 aliphatic rings. The maximum atomic E-state index is 12.7. The molecule has 1 unspecified atom stereocenters. The quantitative estimate of drug-likeness (QED) is 0.607. The van der Waals surface area contributed by atoms with Crippen LogP contribution in [0.3, 0.4) is 0 Å². The molecule has 0 radical (unpaired) electrons. The summed E-state index contributed by atoms with van der Waals surface area (Å²) < 4.78 is 27.5. The fourth-order valence-electron chi connectivity index (χ4n) is 2.51. The summed E-state index contributed by atoms with van der Waals surface area (Å²) in [6.07, 6.45) is 1.46. The largest absolute Gasteiger partial charge is 0.368 e. The number of anilines is 1. The molecule has 2 amide bonds.